The molecule has 0 aliphatic rings. The van der Waals surface area contributed by atoms with Gasteiger partial charge in [0.2, 0.25) is 0 Å². The van der Waals surface area contributed by atoms with Crippen molar-refractivity contribution in [3.63, 3.8) is 0 Å². The van der Waals surface area contributed by atoms with Gasteiger partial charge in [-0.3, -0.25) is 0 Å². The molecule has 0 unspecified atom stereocenters. The Morgan fingerprint density at radius 1 is 0.213 bits per heavy atom. The molecule has 0 spiro atoms. The van der Waals surface area contributed by atoms with E-state index >= 15 is 5.11 Å². The molecule has 0 saturated heterocycles. The molecule has 0 rings (SSSR count). The van der Waals surface area contributed by atoms with E-state index in [1.165, 1.54) is 244 Å². The summed E-state index contributed by atoms with van der Waals surface area (Å²) in [6.45, 7) is 39.5. The van der Waals surface area contributed by atoms with Crippen molar-refractivity contribution < 1.29 is 19.7 Å². The maximum Gasteiger partial charge on any atom is 0.0816 e. The van der Waals surface area contributed by atoms with Crippen LogP contribution in [0.3, 0.4) is 0 Å². The lowest BCUT2D eigenvalue weighted by Gasteiger charge is -2.66. The molecule has 536 valence electrons. The number of rotatable bonds is 70. The second kappa shape index (κ2) is 58.0. The van der Waals surface area contributed by atoms with Crippen molar-refractivity contribution in [3.8, 4) is 0 Å². The molecule has 0 radical (unpaired) electrons. The van der Waals surface area contributed by atoms with E-state index in [9.17, 15) is 5.11 Å². The van der Waals surface area contributed by atoms with Gasteiger partial charge in [-0.1, -0.05) is 406 Å². The predicted octanol–water partition coefficient (Wildman–Crippen LogP) is 28.5. The van der Waals surface area contributed by atoms with Crippen molar-refractivity contribution in [2.24, 2.45) is 52.8 Å². The highest BCUT2D eigenvalue weighted by Crippen LogP contribution is 2.63. The first-order valence-electron chi connectivity index (χ1n) is 41.3. The second-order valence-electron chi connectivity index (χ2n) is 33.9. The van der Waals surface area contributed by atoms with Crippen LogP contribution < -0.4 is 0 Å². The Morgan fingerprint density at radius 3 is 0.551 bits per heavy atom. The van der Waals surface area contributed by atoms with Gasteiger partial charge in [0.1, 0.15) is 0 Å². The summed E-state index contributed by atoms with van der Waals surface area (Å²) in [5.41, 5.74) is -3.62. The summed E-state index contributed by atoms with van der Waals surface area (Å²) < 4.78 is 16.6. The molecule has 4 heteroatoms. The number of aliphatic hydroxyl groups is 2. The summed E-state index contributed by atoms with van der Waals surface area (Å²) in [6.07, 6.45) is 64.3. The van der Waals surface area contributed by atoms with Gasteiger partial charge < -0.3 is 19.7 Å². The average molecular weight is 1260 g/mol. The molecule has 0 aliphatic carbocycles. The molecule has 0 aliphatic heterocycles. The van der Waals surface area contributed by atoms with E-state index in [1.54, 1.807) is 0 Å². The third-order valence-corrected chi connectivity index (χ3v) is 21.4. The highest BCUT2D eigenvalue weighted by molar-refractivity contribution is 5.21. The van der Waals surface area contributed by atoms with E-state index in [0.717, 1.165) is 150 Å². The van der Waals surface area contributed by atoms with E-state index < -0.39 is 22.2 Å². The van der Waals surface area contributed by atoms with Gasteiger partial charge in [0.15, 0.2) is 0 Å². The normalized spacial score (nSPS) is 13.1. The number of unbranched alkanes of at least 4 members (excludes halogenated alkanes) is 32. The van der Waals surface area contributed by atoms with Crippen LogP contribution in [0, 0.1) is 52.8 Å². The SMILES string of the molecule is CC(C)CCCCCCCOC(CCCCCCCC(C)C)(CCCCCCCC(C)C)C(CO)(C(O)(CCCCCCCC(C)C)CCCCCCCC(C)C)C(CCCCCCCC(C)C)(CCCCCCCC(C)C)OCCCCCCCC(C)C. The van der Waals surface area contributed by atoms with Gasteiger partial charge in [-0.25, -0.2) is 0 Å². The molecule has 4 nitrogen and oxygen atoms in total. The molecule has 0 fully saturated rings. The lowest BCUT2D eigenvalue weighted by Crippen LogP contribution is -2.75. The van der Waals surface area contributed by atoms with Gasteiger partial charge >= 0.3 is 0 Å². The van der Waals surface area contributed by atoms with Crippen molar-refractivity contribution in [3.05, 3.63) is 0 Å². The van der Waals surface area contributed by atoms with E-state index in [-0.39, 0.29) is 6.61 Å². The Labute approximate surface area is 563 Å². The second-order valence-corrected chi connectivity index (χ2v) is 33.9. The van der Waals surface area contributed by atoms with Crippen molar-refractivity contribution in [2.45, 2.75) is 474 Å². The van der Waals surface area contributed by atoms with Crippen molar-refractivity contribution in [1.29, 1.82) is 0 Å². The molecular formula is C85H172O4. The average Bonchev–Trinajstić information content (AvgIpc) is 0.701. The molecule has 0 atom stereocenters. The summed E-state index contributed by atoms with van der Waals surface area (Å²) in [7, 11) is 0. The zero-order valence-corrected chi connectivity index (χ0v) is 64.6. The number of hydrogen-bond donors (Lipinski definition) is 2. The third-order valence-electron chi connectivity index (χ3n) is 21.4. The van der Waals surface area contributed by atoms with Crippen LogP contribution in [0.1, 0.15) is 458 Å². The molecule has 0 aromatic rings. The minimum absolute atomic E-state index is 0.0533. The van der Waals surface area contributed by atoms with Crippen LogP contribution in [0.25, 0.3) is 0 Å². The fourth-order valence-electron chi connectivity index (χ4n) is 15.8. The fraction of sp³-hybridized carbons (Fsp3) is 1.00. The van der Waals surface area contributed by atoms with Crippen molar-refractivity contribution in [2.75, 3.05) is 19.8 Å². The van der Waals surface area contributed by atoms with Crippen molar-refractivity contribution in [1.82, 2.24) is 0 Å². The number of hydrogen-bond acceptors (Lipinski definition) is 4. The quantitative estimate of drug-likeness (QED) is 0.0596. The van der Waals surface area contributed by atoms with Crippen LogP contribution in [-0.4, -0.2) is 46.8 Å². The van der Waals surface area contributed by atoms with E-state index in [0.29, 0.717) is 13.2 Å². The highest BCUT2D eigenvalue weighted by atomic mass is 16.5. The first-order valence-corrected chi connectivity index (χ1v) is 41.3. The summed E-state index contributed by atoms with van der Waals surface area (Å²) in [4.78, 5) is 0. The minimum Gasteiger partial charge on any atom is -0.395 e. The maximum absolute atomic E-state index is 15.4. The fourth-order valence-corrected chi connectivity index (χ4v) is 15.8. The standard InChI is InChI=1S/C85H172O4/c1-74(2)57-41-25-17-33-49-65-82(87,66-50-34-18-26-42-58-75(3)4)85(73-86,83(67-51-35-19-27-43-59-76(5)6,68-52-36-20-28-44-60-77(7)8)88-71-55-39-23-31-47-63-80(13)14)84(69-53-37-21-29-45-61-78(9)10,70-54-38-22-30-46-62-79(11)12)89-72-56-40-24-32-48-64-81(15)16/h74-81,86-87H,17-73H2,1-16H3. The smallest absolute Gasteiger partial charge is 0.0816 e. The lowest BCUT2D eigenvalue weighted by atomic mass is 9.47. The summed E-state index contributed by atoms with van der Waals surface area (Å²) in [6, 6.07) is 0. The molecule has 89 heavy (non-hydrogen) atoms. The van der Waals surface area contributed by atoms with E-state index in [4.69, 9.17) is 9.47 Å². The Kier molecular flexibility index (Phi) is 57.9. The Bertz CT molecular complexity index is 1300. The molecule has 0 bridgehead atoms. The molecule has 0 amide bonds. The van der Waals surface area contributed by atoms with Crippen LogP contribution in [-0.2, 0) is 9.47 Å². The number of aliphatic hydroxyl groups excluding tert-OH is 1. The summed E-state index contributed by atoms with van der Waals surface area (Å²) >= 11 is 0. The zero-order chi connectivity index (χ0) is 66.3. The lowest BCUT2D eigenvalue weighted by molar-refractivity contribution is -0.326. The summed E-state index contributed by atoms with van der Waals surface area (Å²) in [5, 5.41) is 29.3. The zero-order valence-electron chi connectivity index (χ0n) is 64.6. The molecule has 0 heterocycles. The monoisotopic (exact) mass is 1260 g/mol. The van der Waals surface area contributed by atoms with Crippen LogP contribution in [0.4, 0.5) is 0 Å². The van der Waals surface area contributed by atoms with Gasteiger partial charge in [-0.15, -0.1) is 0 Å². The largest absolute Gasteiger partial charge is 0.395 e. The Hall–Kier alpha value is -0.160. The molecular weight excluding hydrogens is 1080 g/mol. The van der Waals surface area contributed by atoms with E-state index in [2.05, 4.69) is 111 Å². The van der Waals surface area contributed by atoms with Crippen LogP contribution >= 0.6 is 0 Å². The maximum atomic E-state index is 15.4. The third kappa shape index (κ3) is 45.1. The summed E-state index contributed by atoms with van der Waals surface area (Å²) in [5.74, 6) is 6.00. The van der Waals surface area contributed by atoms with Crippen LogP contribution in [0.15, 0.2) is 0 Å². The van der Waals surface area contributed by atoms with Gasteiger partial charge in [-0.2, -0.15) is 0 Å². The highest BCUT2D eigenvalue weighted by Gasteiger charge is 2.71. The van der Waals surface area contributed by atoms with E-state index in [1.807, 2.05) is 0 Å². The van der Waals surface area contributed by atoms with Crippen molar-refractivity contribution >= 4 is 0 Å². The first kappa shape index (κ1) is 88.8. The predicted molar refractivity (Wildman–Crippen MR) is 400 cm³/mol. The molecule has 0 aromatic heterocycles. The molecule has 2 N–H and O–H groups in total. The topological polar surface area (TPSA) is 58.9 Å². The van der Waals surface area contributed by atoms with Gasteiger partial charge in [0, 0.05) is 13.2 Å². The Morgan fingerprint density at radius 2 is 0.371 bits per heavy atom. The number of ether oxygens (including phenoxy) is 2. The van der Waals surface area contributed by atoms with Gasteiger partial charge in [0.25, 0.3) is 0 Å². The van der Waals surface area contributed by atoms with Gasteiger partial charge in [-0.05, 0) is 98.7 Å². The minimum atomic E-state index is -1.16. The first-order chi connectivity index (χ1) is 42.6. The van der Waals surface area contributed by atoms with Gasteiger partial charge in [0.05, 0.1) is 28.8 Å². The molecule has 0 aromatic carbocycles. The van der Waals surface area contributed by atoms with Crippen LogP contribution in [0.2, 0.25) is 0 Å². The van der Waals surface area contributed by atoms with Crippen LogP contribution in [0.5, 0.6) is 0 Å². The Balaban J connectivity index is 8.97. The molecule has 0 saturated carbocycles.